The largest absolute Gasteiger partial charge is 0.465 e. The highest BCUT2D eigenvalue weighted by Crippen LogP contribution is 2.13. The van der Waals surface area contributed by atoms with Crippen LogP contribution < -0.4 is 5.01 Å². The van der Waals surface area contributed by atoms with Gasteiger partial charge in [0.1, 0.15) is 6.54 Å². The van der Waals surface area contributed by atoms with Gasteiger partial charge in [-0.25, -0.2) is 0 Å². The number of ether oxygens (including phenoxy) is 1. The molecule has 5 nitrogen and oxygen atoms in total. The summed E-state index contributed by atoms with van der Waals surface area (Å²) >= 11 is 0. The summed E-state index contributed by atoms with van der Waals surface area (Å²) in [6, 6.07) is 7.50. The average Bonchev–Trinajstić information content (AvgIpc) is 2.91. The van der Waals surface area contributed by atoms with Gasteiger partial charge in [0.05, 0.1) is 12.3 Å². The van der Waals surface area contributed by atoms with E-state index in [2.05, 4.69) is 4.98 Å². The van der Waals surface area contributed by atoms with E-state index in [-0.39, 0.29) is 12.5 Å². The fraction of sp³-hybridized carbons (Fsp3) is 0.231. The highest BCUT2D eigenvalue weighted by atomic mass is 16.5. The highest BCUT2D eigenvalue weighted by molar-refractivity contribution is 5.75. The minimum Gasteiger partial charge on any atom is -0.465 e. The van der Waals surface area contributed by atoms with Crippen molar-refractivity contribution in [1.82, 2.24) is 9.66 Å². The Hall–Kier alpha value is -2.30. The van der Waals surface area contributed by atoms with Crippen molar-refractivity contribution >= 4 is 11.7 Å². The van der Waals surface area contributed by atoms with Crippen molar-refractivity contribution < 1.29 is 9.53 Å². The number of nitrogens with zero attached hydrogens (tertiary/aromatic N) is 3. The van der Waals surface area contributed by atoms with E-state index < -0.39 is 0 Å². The Morgan fingerprint density at radius 2 is 2.00 bits per heavy atom. The SMILES string of the molecule is CCOC(=O)CN(c1ccncc1)n1cccc1. The molecule has 0 unspecified atom stereocenters. The summed E-state index contributed by atoms with van der Waals surface area (Å²) in [7, 11) is 0. The maximum Gasteiger partial charge on any atom is 0.327 e. The third-order valence-electron chi connectivity index (χ3n) is 2.41. The van der Waals surface area contributed by atoms with E-state index in [0.29, 0.717) is 6.61 Å². The number of pyridine rings is 1. The summed E-state index contributed by atoms with van der Waals surface area (Å²) in [5, 5.41) is 1.82. The van der Waals surface area contributed by atoms with Crippen LogP contribution in [0.3, 0.4) is 0 Å². The van der Waals surface area contributed by atoms with E-state index in [0.717, 1.165) is 5.69 Å². The Bertz CT molecular complexity index is 482. The zero-order chi connectivity index (χ0) is 12.8. The molecule has 2 rings (SSSR count). The molecule has 2 aromatic heterocycles. The molecule has 2 heterocycles. The van der Waals surface area contributed by atoms with E-state index in [9.17, 15) is 4.79 Å². The second kappa shape index (κ2) is 5.86. The molecule has 0 saturated carbocycles. The third kappa shape index (κ3) is 2.88. The lowest BCUT2D eigenvalue weighted by molar-refractivity contribution is -0.141. The fourth-order valence-corrected chi connectivity index (χ4v) is 1.64. The van der Waals surface area contributed by atoms with Crippen LogP contribution in [0.5, 0.6) is 0 Å². The van der Waals surface area contributed by atoms with Gasteiger partial charge in [-0.2, -0.15) is 0 Å². The number of anilines is 1. The third-order valence-corrected chi connectivity index (χ3v) is 2.41. The van der Waals surface area contributed by atoms with Crippen LogP contribution in [-0.4, -0.2) is 28.8 Å². The van der Waals surface area contributed by atoms with Crippen molar-refractivity contribution in [3.8, 4) is 0 Å². The number of rotatable bonds is 5. The van der Waals surface area contributed by atoms with Gasteiger partial charge in [-0.05, 0) is 31.2 Å². The van der Waals surface area contributed by atoms with Gasteiger partial charge in [0, 0.05) is 24.8 Å². The molecule has 0 aliphatic heterocycles. The lowest BCUT2D eigenvalue weighted by Crippen LogP contribution is -2.34. The number of hydrogen-bond acceptors (Lipinski definition) is 4. The average molecular weight is 245 g/mol. The Labute approximate surface area is 106 Å². The van der Waals surface area contributed by atoms with E-state index in [1.54, 1.807) is 19.3 Å². The standard InChI is InChI=1S/C13H15N3O2/c1-2-18-13(17)11-16(15-9-3-4-10-15)12-5-7-14-8-6-12/h3-10H,2,11H2,1H3. The lowest BCUT2D eigenvalue weighted by atomic mass is 10.4. The number of esters is 1. The van der Waals surface area contributed by atoms with Gasteiger partial charge in [-0.1, -0.05) is 0 Å². The summed E-state index contributed by atoms with van der Waals surface area (Å²) < 4.78 is 6.82. The molecule has 0 spiro atoms. The Kier molecular flexibility index (Phi) is 3.96. The normalized spacial score (nSPS) is 10.1. The van der Waals surface area contributed by atoms with Crippen LogP contribution in [0.4, 0.5) is 5.69 Å². The molecule has 0 radical (unpaired) electrons. The monoisotopic (exact) mass is 245 g/mol. The molecule has 5 heteroatoms. The molecule has 2 aromatic rings. The molecule has 0 saturated heterocycles. The minimum absolute atomic E-state index is 0.159. The fourth-order valence-electron chi connectivity index (χ4n) is 1.64. The van der Waals surface area contributed by atoms with Gasteiger partial charge in [-0.3, -0.25) is 19.5 Å². The molecule has 18 heavy (non-hydrogen) atoms. The lowest BCUT2D eigenvalue weighted by Gasteiger charge is -2.24. The predicted molar refractivity (Wildman–Crippen MR) is 68.0 cm³/mol. The molecule has 0 aromatic carbocycles. The summed E-state index contributed by atoms with van der Waals surface area (Å²) in [5.41, 5.74) is 0.884. The first-order chi connectivity index (χ1) is 8.81. The zero-order valence-corrected chi connectivity index (χ0v) is 10.2. The molecule has 0 aliphatic rings. The smallest absolute Gasteiger partial charge is 0.327 e. The van der Waals surface area contributed by atoms with Crippen molar-refractivity contribution in [2.75, 3.05) is 18.2 Å². The van der Waals surface area contributed by atoms with Gasteiger partial charge in [-0.15, -0.1) is 0 Å². The van der Waals surface area contributed by atoms with Crippen LogP contribution in [0.2, 0.25) is 0 Å². The second-order valence-corrected chi connectivity index (χ2v) is 3.63. The molecule has 0 fully saturated rings. The van der Waals surface area contributed by atoms with Crippen LogP contribution in [0.15, 0.2) is 49.1 Å². The zero-order valence-electron chi connectivity index (χ0n) is 10.2. The Morgan fingerprint density at radius 1 is 1.33 bits per heavy atom. The summed E-state index contributed by atoms with van der Waals surface area (Å²) in [5.74, 6) is -0.261. The minimum atomic E-state index is -0.261. The van der Waals surface area contributed by atoms with Crippen molar-refractivity contribution in [1.29, 1.82) is 0 Å². The van der Waals surface area contributed by atoms with Crippen molar-refractivity contribution in [3.63, 3.8) is 0 Å². The Balaban J connectivity index is 2.22. The Morgan fingerprint density at radius 3 is 2.61 bits per heavy atom. The molecule has 0 N–H and O–H groups in total. The van der Waals surface area contributed by atoms with E-state index in [1.807, 2.05) is 46.3 Å². The van der Waals surface area contributed by atoms with Crippen molar-refractivity contribution in [2.24, 2.45) is 0 Å². The molecule has 0 bridgehead atoms. The van der Waals surface area contributed by atoms with Gasteiger partial charge in [0.25, 0.3) is 0 Å². The second-order valence-electron chi connectivity index (χ2n) is 3.63. The molecular weight excluding hydrogens is 230 g/mol. The van der Waals surface area contributed by atoms with Crippen molar-refractivity contribution in [3.05, 3.63) is 49.1 Å². The molecular formula is C13H15N3O2. The maximum absolute atomic E-state index is 11.6. The van der Waals surface area contributed by atoms with Crippen LogP contribution in [-0.2, 0) is 9.53 Å². The molecule has 0 amide bonds. The van der Waals surface area contributed by atoms with E-state index in [4.69, 9.17) is 4.74 Å². The number of carbonyl (C=O) groups is 1. The number of hydrogen-bond donors (Lipinski definition) is 0. The molecule has 0 aliphatic carbocycles. The van der Waals surface area contributed by atoms with Gasteiger partial charge in [0.2, 0.25) is 0 Å². The molecule has 94 valence electrons. The van der Waals surface area contributed by atoms with Crippen molar-refractivity contribution in [2.45, 2.75) is 6.92 Å². The summed E-state index contributed by atoms with van der Waals surface area (Å²) in [6.07, 6.45) is 7.13. The van der Waals surface area contributed by atoms with Crippen LogP contribution in [0, 0.1) is 0 Å². The first kappa shape index (κ1) is 12.2. The first-order valence-corrected chi connectivity index (χ1v) is 5.77. The topological polar surface area (TPSA) is 47.4 Å². The molecule has 0 atom stereocenters. The van der Waals surface area contributed by atoms with Crippen LogP contribution >= 0.6 is 0 Å². The summed E-state index contributed by atoms with van der Waals surface area (Å²) in [6.45, 7) is 2.34. The van der Waals surface area contributed by atoms with Crippen LogP contribution in [0.25, 0.3) is 0 Å². The van der Waals surface area contributed by atoms with Crippen LogP contribution in [0.1, 0.15) is 6.92 Å². The van der Waals surface area contributed by atoms with Gasteiger partial charge in [0.15, 0.2) is 0 Å². The van der Waals surface area contributed by atoms with E-state index in [1.165, 1.54) is 0 Å². The van der Waals surface area contributed by atoms with Gasteiger partial charge >= 0.3 is 5.97 Å². The van der Waals surface area contributed by atoms with E-state index >= 15 is 0 Å². The van der Waals surface area contributed by atoms with Gasteiger partial charge < -0.3 is 4.74 Å². The predicted octanol–water partition coefficient (Wildman–Crippen LogP) is 1.72. The highest BCUT2D eigenvalue weighted by Gasteiger charge is 2.13. The first-order valence-electron chi connectivity index (χ1n) is 5.77. The number of aromatic nitrogens is 2. The quantitative estimate of drug-likeness (QED) is 0.752. The summed E-state index contributed by atoms with van der Waals surface area (Å²) in [4.78, 5) is 15.6. The maximum atomic E-state index is 11.6. The number of carbonyl (C=O) groups excluding carboxylic acids is 1.